The van der Waals surface area contributed by atoms with Gasteiger partial charge in [0.15, 0.2) is 0 Å². The zero-order chi connectivity index (χ0) is 14.6. The van der Waals surface area contributed by atoms with Crippen LogP contribution in [0.1, 0.15) is 5.56 Å². The molecule has 1 atom stereocenters. The molecule has 1 aliphatic heterocycles. The predicted molar refractivity (Wildman–Crippen MR) is 73.3 cm³/mol. The summed E-state index contributed by atoms with van der Waals surface area (Å²) in [7, 11) is -3.78. The maximum atomic E-state index is 12.2. The number of carboxylic acid groups (broad SMARTS) is 1. The summed E-state index contributed by atoms with van der Waals surface area (Å²) in [5.74, 6) is -1.21. The monoisotopic (exact) mass is 297 g/mol. The molecule has 0 bridgehead atoms. The van der Waals surface area contributed by atoms with Crippen molar-refractivity contribution in [2.45, 2.75) is 6.04 Å². The lowest BCUT2D eigenvalue weighted by molar-refractivity contribution is -0.145. The van der Waals surface area contributed by atoms with Gasteiger partial charge in [0, 0.05) is 12.0 Å². The van der Waals surface area contributed by atoms with E-state index in [1.165, 1.54) is 6.08 Å². The smallest absolute Gasteiger partial charge is 0.324 e. The van der Waals surface area contributed by atoms with Gasteiger partial charge in [-0.15, -0.1) is 0 Å². The summed E-state index contributed by atoms with van der Waals surface area (Å²) >= 11 is 0. The van der Waals surface area contributed by atoms with E-state index in [0.29, 0.717) is 0 Å². The Bertz CT molecular complexity index is 596. The first-order valence-electron chi connectivity index (χ1n) is 6.06. The Morgan fingerprint density at radius 1 is 1.35 bits per heavy atom. The lowest BCUT2D eigenvalue weighted by atomic mass is 10.2. The van der Waals surface area contributed by atoms with Crippen LogP contribution in [-0.4, -0.2) is 49.6 Å². The van der Waals surface area contributed by atoms with Crippen molar-refractivity contribution in [3.63, 3.8) is 0 Å². The molecule has 1 heterocycles. The summed E-state index contributed by atoms with van der Waals surface area (Å²) in [5.41, 5.74) is 0.733. The quantitative estimate of drug-likeness (QED) is 0.887. The molecule has 1 saturated heterocycles. The van der Waals surface area contributed by atoms with Crippen LogP contribution < -0.4 is 0 Å². The van der Waals surface area contributed by atoms with Crippen molar-refractivity contribution in [3.8, 4) is 0 Å². The Labute approximate surface area is 117 Å². The van der Waals surface area contributed by atoms with Gasteiger partial charge in [-0.1, -0.05) is 30.3 Å². The molecule has 108 valence electrons. The predicted octanol–water partition coefficient (Wildman–Crippen LogP) is 0.773. The van der Waals surface area contributed by atoms with E-state index in [1.54, 1.807) is 24.3 Å². The van der Waals surface area contributed by atoms with E-state index in [0.717, 1.165) is 15.3 Å². The van der Waals surface area contributed by atoms with Gasteiger partial charge in [0.25, 0.3) is 0 Å². The highest BCUT2D eigenvalue weighted by Crippen LogP contribution is 2.15. The van der Waals surface area contributed by atoms with Gasteiger partial charge in [0.2, 0.25) is 10.0 Å². The van der Waals surface area contributed by atoms with Crippen LogP contribution >= 0.6 is 0 Å². The van der Waals surface area contributed by atoms with Crippen LogP contribution in [0.15, 0.2) is 35.7 Å². The van der Waals surface area contributed by atoms with Gasteiger partial charge in [-0.25, -0.2) is 8.42 Å². The number of nitrogens with zero attached hydrogens (tertiary/aromatic N) is 1. The fourth-order valence-corrected chi connectivity index (χ4v) is 3.21. The first-order valence-corrected chi connectivity index (χ1v) is 7.56. The first-order chi connectivity index (χ1) is 9.50. The Balaban J connectivity index is 2.20. The fraction of sp³-hybridized carbons (Fsp3) is 0.308. The van der Waals surface area contributed by atoms with Crippen molar-refractivity contribution in [1.82, 2.24) is 4.31 Å². The molecule has 0 amide bonds. The van der Waals surface area contributed by atoms with Crippen LogP contribution in [-0.2, 0) is 19.6 Å². The maximum Gasteiger partial charge on any atom is 0.324 e. The number of hydrogen-bond donors (Lipinski definition) is 1. The second-order valence-corrected chi connectivity index (χ2v) is 6.07. The molecule has 0 spiro atoms. The summed E-state index contributed by atoms with van der Waals surface area (Å²) < 4.78 is 30.4. The molecule has 1 aromatic carbocycles. The van der Waals surface area contributed by atoms with Crippen molar-refractivity contribution in [3.05, 3.63) is 41.3 Å². The number of ether oxygens (including phenoxy) is 1. The van der Waals surface area contributed by atoms with E-state index in [2.05, 4.69) is 0 Å². The number of sulfonamides is 1. The SMILES string of the molecule is O=C(O)C1COCCN1S(=O)(=O)C=Cc1ccccc1. The van der Waals surface area contributed by atoms with E-state index in [9.17, 15) is 13.2 Å². The minimum absolute atomic E-state index is 0.0401. The number of benzene rings is 1. The van der Waals surface area contributed by atoms with Gasteiger partial charge in [0.1, 0.15) is 6.04 Å². The Morgan fingerprint density at radius 3 is 2.70 bits per heavy atom. The molecule has 6 nitrogen and oxygen atoms in total. The van der Waals surface area contributed by atoms with Gasteiger partial charge in [-0.3, -0.25) is 4.79 Å². The zero-order valence-corrected chi connectivity index (χ0v) is 11.5. The van der Waals surface area contributed by atoms with Crippen molar-refractivity contribution < 1.29 is 23.1 Å². The number of carboxylic acids is 1. The molecule has 1 unspecified atom stereocenters. The van der Waals surface area contributed by atoms with Gasteiger partial charge in [-0.05, 0) is 11.6 Å². The summed E-state index contributed by atoms with van der Waals surface area (Å²) in [5, 5.41) is 10.1. The largest absolute Gasteiger partial charge is 0.480 e. The Morgan fingerprint density at radius 2 is 2.05 bits per heavy atom. The van der Waals surface area contributed by atoms with E-state index in [1.807, 2.05) is 6.07 Å². The average molecular weight is 297 g/mol. The van der Waals surface area contributed by atoms with Crippen LogP contribution in [0.2, 0.25) is 0 Å². The third-order valence-electron chi connectivity index (χ3n) is 2.92. The molecule has 1 aromatic rings. The molecule has 1 aliphatic rings. The second kappa shape index (κ2) is 6.17. The molecule has 0 aliphatic carbocycles. The maximum absolute atomic E-state index is 12.2. The highest BCUT2D eigenvalue weighted by atomic mass is 32.2. The van der Waals surface area contributed by atoms with Gasteiger partial charge in [-0.2, -0.15) is 4.31 Å². The van der Waals surface area contributed by atoms with Gasteiger partial charge < -0.3 is 9.84 Å². The third-order valence-corrected chi connectivity index (χ3v) is 4.49. The highest BCUT2D eigenvalue weighted by molar-refractivity contribution is 7.92. The summed E-state index contributed by atoms with van der Waals surface area (Å²) in [6.07, 6.45) is 1.45. The summed E-state index contributed by atoms with van der Waals surface area (Å²) in [4.78, 5) is 11.1. The molecule has 1 N–H and O–H groups in total. The minimum atomic E-state index is -3.78. The molecular weight excluding hydrogens is 282 g/mol. The third kappa shape index (κ3) is 3.44. The van der Waals surface area contributed by atoms with E-state index in [4.69, 9.17) is 9.84 Å². The van der Waals surface area contributed by atoms with Crippen molar-refractivity contribution in [2.24, 2.45) is 0 Å². The minimum Gasteiger partial charge on any atom is -0.480 e. The van der Waals surface area contributed by atoms with Crippen molar-refractivity contribution >= 4 is 22.1 Å². The molecular formula is C13H15NO5S. The number of hydrogen-bond acceptors (Lipinski definition) is 4. The number of rotatable bonds is 4. The van der Waals surface area contributed by atoms with Gasteiger partial charge in [0.05, 0.1) is 13.2 Å². The average Bonchev–Trinajstić information content (AvgIpc) is 2.46. The molecule has 2 rings (SSSR count). The molecule has 0 radical (unpaired) electrons. The van der Waals surface area contributed by atoms with Crippen LogP contribution in [0.25, 0.3) is 6.08 Å². The number of carbonyl (C=O) groups is 1. The van der Waals surface area contributed by atoms with Crippen molar-refractivity contribution in [1.29, 1.82) is 0 Å². The molecule has 7 heteroatoms. The highest BCUT2D eigenvalue weighted by Gasteiger charge is 2.36. The summed E-state index contributed by atoms with van der Waals surface area (Å²) in [6, 6.07) is 7.77. The van der Waals surface area contributed by atoms with Crippen LogP contribution in [0.5, 0.6) is 0 Å². The second-order valence-electron chi connectivity index (χ2n) is 4.30. The van der Waals surface area contributed by atoms with Crippen molar-refractivity contribution in [2.75, 3.05) is 19.8 Å². The fourth-order valence-electron chi connectivity index (χ4n) is 1.89. The standard InChI is InChI=1S/C13H15NO5S/c15-13(16)12-10-19-8-7-14(12)20(17,18)9-6-11-4-2-1-3-5-11/h1-6,9,12H,7-8,10H2,(H,15,16). The normalized spacial score (nSPS) is 21.1. The topological polar surface area (TPSA) is 83.9 Å². The van der Waals surface area contributed by atoms with E-state index < -0.39 is 22.0 Å². The molecule has 0 saturated carbocycles. The zero-order valence-electron chi connectivity index (χ0n) is 10.7. The van der Waals surface area contributed by atoms with Crippen LogP contribution in [0, 0.1) is 0 Å². The molecule has 1 fully saturated rings. The Hall–Kier alpha value is -1.70. The molecule has 0 aromatic heterocycles. The van der Waals surface area contributed by atoms with Gasteiger partial charge >= 0.3 is 5.97 Å². The molecule has 20 heavy (non-hydrogen) atoms. The first kappa shape index (κ1) is 14.7. The Kier molecular flexibility index (Phi) is 4.53. The number of morpholine rings is 1. The van der Waals surface area contributed by atoms with E-state index >= 15 is 0 Å². The van der Waals surface area contributed by atoms with E-state index in [-0.39, 0.29) is 19.8 Å². The summed E-state index contributed by atoms with van der Waals surface area (Å²) in [6.45, 7) is 0.106. The number of aliphatic carboxylic acids is 1. The lowest BCUT2D eigenvalue weighted by Gasteiger charge is -2.30. The lowest BCUT2D eigenvalue weighted by Crippen LogP contribution is -2.51. The van der Waals surface area contributed by atoms with Crippen LogP contribution in [0.4, 0.5) is 0 Å². The van der Waals surface area contributed by atoms with Crippen LogP contribution in [0.3, 0.4) is 0 Å².